The van der Waals surface area contributed by atoms with Crippen molar-refractivity contribution in [2.45, 2.75) is 12.5 Å². The van der Waals surface area contributed by atoms with Gasteiger partial charge in [0.05, 0.1) is 11.2 Å². The average Bonchev–Trinajstić information content (AvgIpc) is 2.87. The lowest BCUT2D eigenvalue weighted by atomic mass is 10.2. The molecule has 0 fully saturated rings. The van der Waals surface area contributed by atoms with Crippen molar-refractivity contribution in [3.63, 3.8) is 0 Å². The maximum Gasteiger partial charge on any atom is 0.177 e. The SMILES string of the molecule is NCCC(Oc1cc(Cl)ccc1Cl)c1ccno1. The van der Waals surface area contributed by atoms with Crippen LogP contribution in [0.4, 0.5) is 0 Å². The lowest BCUT2D eigenvalue weighted by Gasteiger charge is -2.16. The van der Waals surface area contributed by atoms with Crippen LogP contribution in [0.2, 0.25) is 10.0 Å². The highest BCUT2D eigenvalue weighted by molar-refractivity contribution is 6.34. The van der Waals surface area contributed by atoms with Gasteiger partial charge >= 0.3 is 0 Å². The normalized spacial score (nSPS) is 12.4. The molecule has 0 radical (unpaired) electrons. The molecule has 2 aromatic rings. The minimum Gasteiger partial charge on any atom is -0.481 e. The molecule has 1 heterocycles. The number of benzene rings is 1. The Kier molecular flexibility index (Phi) is 4.47. The van der Waals surface area contributed by atoms with E-state index in [4.69, 9.17) is 38.2 Å². The molecule has 6 heteroatoms. The van der Waals surface area contributed by atoms with E-state index in [1.165, 1.54) is 0 Å². The number of hydrogen-bond donors (Lipinski definition) is 1. The van der Waals surface area contributed by atoms with Crippen molar-refractivity contribution in [1.82, 2.24) is 5.16 Å². The van der Waals surface area contributed by atoms with Gasteiger partial charge < -0.3 is 15.0 Å². The van der Waals surface area contributed by atoms with Crippen LogP contribution in [0.5, 0.6) is 5.75 Å². The number of hydrogen-bond acceptors (Lipinski definition) is 4. The zero-order chi connectivity index (χ0) is 13.0. The molecule has 0 amide bonds. The standard InChI is InChI=1S/C12H12Cl2N2O2/c13-8-1-2-9(14)12(7-8)17-10(3-5-15)11-4-6-16-18-11/h1-2,4,6-7,10H,3,5,15H2. The van der Waals surface area contributed by atoms with E-state index in [-0.39, 0.29) is 6.10 Å². The molecule has 0 aliphatic rings. The van der Waals surface area contributed by atoms with Crippen LogP contribution in [-0.2, 0) is 0 Å². The summed E-state index contributed by atoms with van der Waals surface area (Å²) in [6.07, 6.45) is 1.83. The molecule has 0 saturated heterocycles. The van der Waals surface area contributed by atoms with Gasteiger partial charge in [0.1, 0.15) is 5.75 Å². The van der Waals surface area contributed by atoms with Crippen LogP contribution in [0.15, 0.2) is 35.0 Å². The topological polar surface area (TPSA) is 61.3 Å². The van der Waals surface area contributed by atoms with Crippen molar-refractivity contribution < 1.29 is 9.26 Å². The maximum atomic E-state index is 6.04. The van der Waals surface area contributed by atoms with Crippen molar-refractivity contribution in [3.8, 4) is 5.75 Å². The Balaban J connectivity index is 2.21. The van der Waals surface area contributed by atoms with Gasteiger partial charge in [0.25, 0.3) is 0 Å². The molecular weight excluding hydrogens is 275 g/mol. The zero-order valence-electron chi connectivity index (χ0n) is 9.48. The maximum absolute atomic E-state index is 6.04. The molecule has 1 atom stereocenters. The summed E-state index contributed by atoms with van der Waals surface area (Å²) in [5.41, 5.74) is 5.56. The average molecular weight is 287 g/mol. The number of ether oxygens (including phenoxy) is 1. The Bertz CT molecular complexity index is 503. The van der Waals surface area contributed by atoms with E-state index < -0.39 is 0 Å². The van der Waals surface area contributed by atoms with Gasteiger partial charge in [-0.15, -0.1) is 0 Å². The fourth-order valence-corrected chi connectivity index (χ4v) is 1.85. The van der Waals surface area contributed by atoms with Crippen LogP contribution >= 0.6 is 23.2 Å². The third-order valence-electron chi connectivity index (χ3n) is 2.37. The van der Waals surface area contributed by atoms with E-state index in [0.29, 0.717) is 34.5 Å². The van der Waals surface area contributed by atoms with Crippen LogP contribution in [0.3, 0.4) is 0 Å². The minimum atomic E-state index is -0.325. The number of nitrogens with two attached hydrogens (primary N) is 1. The first-order valence-corrected chi connectivity index (χ1v) is 6.18. The van der Waals surface area contributed by atoms with Gasteiger partial charge in [0, 0.05) is 23.6 Å². The summed E-state index contributed by atoms with van der Waals surface area (Å²) in [7, 11) is 0. The van der Waals surface area contributed by atoms with E-state index in [2.05, 4.69) is 5.16 Å². The molecule has 1 aromatic heterocycles. The molecule has 18 heavy (non-hydrogen) atoms. The molecular formula is C12H12Cl2N2O2. The first-order chi connectivity index (χ1) is 8.70. The number of halogens is 2. The van der Waals surface area contributed by atoms with Crippen molar-refractivity contribution in [3.05, 3.63) is 46.3 Å². The number of nitrogens with zero attached hydrogens (tertiary/aromatic N) is 1. The molecule has 96 valence electrons. The monoisotopic (exact) mass is 286 g/mol. The third-order valence-corrected chi connectivity index (χ3v) is 2.91. The predicted molar refractivity (Wildman–Crippen MR) is 70.0 cm³/mol. The molecule has 1 aromatic carbocycles. The summed E-state index contributed by atoms with van der Waals surface area (Å²) in [5, 5.41) is 4.69. The molecule has 0 aliphatic heterocycles. The largest absolute Gasteiger partial charge is 0.481 e. The van der Waals surface area contributed by atoms with E-state index in [9.17, 15) is 0 Å². The van der Waals surface area contributed by atoms with Gasteiger partial charge in [-0.25, -0.2) is 0 Å². The second-order valence-electron chi connectivity index (χ2n) is 3.67. The van der Waals surface area contributed by atoms with Crippen molar-refractivity contribution in [1.29, 1.82) is 0 Å². The van der Waals surface area contributed by atoms with Crippen LogP contribution < -0.4 is 10.5 Å². The fourth-order valence-electron chi connectivity index (χ4n) is 1.52. The Morgan fingerprint density at radius 2 is 2.17 bits per heavy atom. The summed E-state index contributed by atoms with van der Waals surface area (Å²) in [6, 6.07) is 6.77. The molecule has 0 spiro atoms. The van der Waals surface area contributed by atoms with Crippen molar-refractivity contribution in [2.75, 3.05) is 6.54 Å². The van der Waals surface area contributed by atoms with Crippen LogP contribution in [0, 0.1) is 0 Å². The van der Waals surface area contributed by atoms with Gasteiger partial charge in [-0.1, -0.05) is 28.4 Å². The number of rotatable bonds is 5. The van der Waals surface area contributed by atoms with E-state index in [0.717, 1.165) is 0 Å². The van der Waals surface area contributed by atoms with Gasteiger partial charge in [-0.3, -0.25) is 0 Å². The lowest BCUT2D eigenvalue weighted by molar-refractivity contribution is 0.157. The lowest BCUT2D eigenvalue weighted by Crippen LogP contribution is -2.12. The van der Waals surface area contributed by atoms with Gasteiger partial charge in [-0.05, 0) is 18.7 Å². The van der Waals surface area contributed by atoms with E-state index in [1.54, 1.807) is 30.5 Å². The summed E-state index contributed by atoms with van der Waals surface area (Å²) < 4.78 is 10.9. The second kappa shape index (κ2) is 6.09. The molecule has 0 bridgehead atoms. The first kappa shape index (κ1) is 13.2. The molecule has 0 aliphatic carbocycles. The van der Waals surface area contributed by atoms with E-state index in [1.807, 2.05) is 0 Å². The Morgan fingerprint density at radius 1 is 1.33 bits per heavy atom. The smallest absolute Gasteiger partial charge is 0.177 e. The molecule has 0 saturated carbocycles. The second-order valence-corrected chi connectivity index (χ2v) is 4.52. The van der Waals surface area contributed by atoms with Gasteiger partial charge in [0.15, 0.2) is 11.9 Å². The fraction of sp³-hybridized carbons (Fsp3) is 0.250. The highest BCUT2D eigenvalue weighted by atomic mass is 35.5. The predicted octanol–water partition coefficient (Wildman–Crippen LogP) is 3.45. The van der Waals surface area contributed by atoms with Gasteiger partial charge in [0.2, 0.25) is 0 Å². The van der Waals surface area contributed by atoms with Crippen molar-refractivity contribution >= 4 is 23.2 Å². The van der Waals surface area contributed by atoms with Crippen LogP contribution in [-0.4, -0.2) is 11.7 Å². The Morgan fingerprint density at radius 3 is 2.83 bits per heavy atom. The summed E-state index contributed by atoms with van der Waals surface area (Å²) >= 11 is 11.9. The molecule has 4 nitrogen and oxygen atoms in total. The first-order valence-electron chi connectivity index (χ1n) is 5.43. The summed E-state index contributed by atoms with van der Waals surface area (Å²) in [6.45, 7) is 0.462. The summed E-state index contributed by atoms with van der Waals surface area (Å²) in [5.74, 6) is 1.11. The van der Waals surface area contributed by atoms with E-state index >= 15 is 0 Å². The third kappa shape index (κ3) is 3.16. The summed E-state index contributed by atoms with van der Waals surface area (Å²) in [4.78, 5) is 0. The van der Waals surface area contributed by atoms with Crippen molar-refractivity contribution in [2.24, 2.45) is 5.73 Å². The molecule has 2 N–H and O–H groups in total. The molecule has 2 rings (SSSR count). The zero-order valence-corrected chi connectivity index (χ0v) is 11.0. The highest BCUT2D eigenvalue weighted by Gasteiger charge is 2.18. The van der Waals surface area contributed by atoms with Crippen LogP contribution in [0.25, 0.3) is 0 Å². The highest BCUT2D eigenvalue weighted by Crippen LogP contribution is 2.32. The van der Waals surface area contributed by atoms with Crippen LogP contribution in [0.1, 0.15) is 18.3 Å². The minimum absolute atomic E-state index is 0.325. The van der Waals surface area contributed by atoms with Gasteiger partial charge in [-0.2, -0.15) is 0 Å². The molecule has 1 unspecified atom stereocenters. The number of aromatic nitrogens is 1. The quantitative estimate of drug-likeness (QED) is 0.914. The Labute approximate surface area is 115 Å². The Hall–Kier alpha value is -1.23.